The van der Waals surface area contributed by atoms with Gasteiger partial charge in [0.2, 0.25) is 0 Å². The molecule has 2 aliphatic carbocycles. The molecule has 4 nitrogen and oxygen atoms in total. The summed E-state index contributed by atoms with van der Waals surface area (Å²) < 4.78 is 4.70. The Morgan fingerprint density at radius 1 is 1.53 bits per heavy atom. The molecule has 2 rings (SSSR count). The van der Waals surface area contributed by atoms with Gasteiger partial charge in [-0.1, -0.05) is 6.42 Å². The van der Waals surface area contributed by atoms with Crippen molar-refractivity contribution in [1.29, 1.82) is 0 Å². The molecule has 2 bridgehead atoms. The summed E-state index contributed by atoms with van der Waals surface area (Å²) in [6.45, 7) is 2.16. The zero-order chi connectivity index (χ0) is 10.7. The van der Waals surface area contributed by atoms with Crippen molar-refractivity contribution in [2.45, 2.75) is 32.6 Å². The van der Waals surface area contributed by atoms with Gasteiger partial charge < -0.3 is 4.74 Å². The van der Waals surface area contributed by atoms with E-state index >= 15 is 0 Å². The van der Waals surface area contributed by atoms with E-state index in [-0.39, 0.29) is 0 Å². The predicted octanol–water partition coefficient (Wildman–Crippen LogP) is 2.15. The topological polar surface area (TPSA) is 50.7 Å². The summed E-state index contributed by atoms with van der Waals surface area (Å²) in [7, 11) is 0. The average molecular weight is 210 g/mol. The van der Waals surface area contributed by atoms with Crippen LogP contribution >= 0.6 is 0 Å². The first-order valence-corrected chi connectivity index (χ1v) is 5.75. The maximum atomic E-state index is 10.9. The van der Waals surface area contributed by atoms with Crippen LogP contribution in [0, 0.1) is 17.8 Å². The SMILES string of the molecule is CCOC(=O)NN=CC1CC2CCC1C2. The van der Waals surface area contributed by atoms with Crippen molar-refractivity contribution in [3.8, 4) is 0 Å². The lowest BCUT2D eigenvalue weighted by Crippen LogP contribution is -2.20. The van der Waals surface area contributed by atoms with E-state index in [1.807, 2.05) is 6.21 Å². The minimum absolute atomic E-state index is 0.384. The molecule has 0 aromatic heterocycles. The Balaban J connectivity index is 1.73. The third-order valence-corrected chi connectivity index (χ3v) is 3.49. The van der Waals surface area contributed by atoms with E-state index in [1.54, 1.807) is 6.92 Å². The van der Waals surface area contributed by atoms with E-state index in [9.17, 15) is 4.79 Å². The monoisotopic (exact) mass is 210 g/mol. The van der Waals surface area contributed by atoms with Crippen LogP contribution in [0.15, 0.2) is 5.10 Å². The zero-order valence-electron chi connectivity index (χ0n) is 9.11. The molecule has 2 saturated carbocycles. The molecule has 0 radical (unpaired) electrons. The first kappa shape index (κ1) is 10.5. The van der Waals surface area contributed by atoms with Crippen LogP contribution < -0.4 is 5.43 Å². The second-order valence-corrected chi connectivity index (χ2v) is 4.45. The fourth-order valence-corrected chi connectivity index (χ4v) is 2.83. The molecule has 0 saturated heterocycles. The Kier molecular flexibility index (Phi) is 3.23. The van der Waals surface area contributed by atoms with E-state index in [1.165, 1.54) is 25.7 Å². The summed E-state index contributed by atoms with van der Waals surface area (Å²) in [6, 6.07) is 0. The van der Waals surface area contributed by atoms with Crippen molar-refractivity contribution in [3.05, 3.63) is 0 Å². The highest BCUT2D eigenvalue weighted by atomic mass is 16.5. The maximum absolute atomic E-state index is 10.9. The summed E-state index contributed by atoms with van der Waals surface area (Å²) >= 11 is 0. The summed E-state index contributed by atoms with van der Waals surface area (Å²) in [5.74, 6) is 2.29. The minimum Gasteiger partial charge on any atom is -0.449 e. The number of rotatable bonds is 3. The summed E-state index contributed by atoms with van der Waals surface area (Å²) in [6.07, 6.45) is 6.76. The first-order valence-electron chi connectivity index (χ1n) is 5.75. The fraction of sp³-hybridized carbons (Fsp3) is 0.818. The van der Waals surface area contributed by atoms with Crippen LogP contribution in [0.25, 0.3) is 0 Å². The number of hydrogen-bond donors (Lipinski definition) is 1. The number of hydrogen-bond acceptors (Lipinski definition) is 3. The van der Waals surface area contributed by atoms with Gasteiger partial charge in [0, 0.05) is 6.21 Å². The first-order chi connectivity index (χ1) is 7.29. The largest absolute Gasteiger partial charge is 0.449 e. The van der Waals surface area contributed by atoms with Crippen LogP contribution in [-0.4, -0.2) is 18.9 Å². The highest BCUT2D eigenvalue weighted by Crippen LogP contribution is 2.47. The summed E-state index contributed by atoms with van der Waals surface area (Å²) in [5.41, 5.74) is 2.38. The van der Waals surface area contributed by atoms with Crippen LogP contribution in [-0.2, 0) is 4.74 Å². The minimum atomic E-state index is -0.461. The van der Waals surface area contributed by atoms with Gasteiger partial charge in [-0.25, -0.2) is 10.2 Å². The molecule has 2 aliphatic rings. The standard InChI is InChI=1S/C11H18N2O2/c1-2-15-11(14)13-12-7-10-6-8-3-4-9(10)5-8/h7-10H,2-6H2,1H3,(H,13,14). The molecule has 1 N–H and O–H groups in total. The quantitative estimate of drug-likeness (QED) is 0.573. The number of fused-ring (bicyclic) bond motifs is 2. The van der Waals surface area contributed by atoms with E-state index in [0.29, 0.717) is 12.5 Å². The smallest absolute Gasteiger partial charge is 0.427 e. The molecule has 84 valence electrons. The lowest BCUT2D eigenvalue weighted by Gasteiger charge is -2.16. The highest BCUT2D eigenvalue weighted by molar-refractivity contribution is 5.70. The van der Waals surface area contributed by atoms with Gasteiger partial charge >= 0.3 is 6.09 Å². The lowest BCUT2D eigenvalue weighted by atomic mass is 9.90. The van der Waals surface area contributed by atoms with Crippen LogP contribution in [0.3, 0.4) is 0 Å². The van der Waals surface area contributed by atoms with Crippen LogP contribution in [0.2, 0.25) is 0 Å². The number of nitrogens with zero attached hydrogens (tertiary/aromatic N) is 1. The molecule has 3 unspecified atom stereocenters. The number of hydrazone groups is 1. The number of nitrogens with one attached hydrogen (secondary N) is 1. The second-order valence-electron chi connectivity index (χ2n) is 4.45. The molecule has 1 amide bonds. The fourth-order valence-electron chi connectivity index (χ4n) is 2.83. The third kappa shape index (κ3) is 2.49. The normalized spacial score (nSPS) is 33.5. The maximum Gasteiger partial charge on any atom is 0.427 e. The van der Waals surface area contributed by atoms with Gasteiger partial charge in [0.1, 0.15) is 0 Å². The third-order valence-electron chi connectivity index (χ3n) is 3.49. The van der Waals surface area contributed by atoms with Gasteiger partial charge in [0.05, 0.1) is 6.61 Å². The molecule has 4 heteroatoms. The molecular formula is C11H18N2O2. The molecule has 0 aromatic rings. The molecule has 0 aromatic carbocycles. The predicted molar refractivity (Wildman–Crippen MR) is 57.6 cm³/mol. The van der Waals surface area contributed by atoms with Gasteiger partial charge in [-0.3, -0.25) is 0 Å². The van der Waals surface area contributed by atoms with Gasteiger partial charge in [0.25, 0.3) is 0 Å². The van der Waals surface area contributed by atoms with E-state index in [4.69, 9.17) is 4.74 Å². The van der Waals surface area contributed by atoms with Crippen molar-refractivity contribution in [2.24, 2.45) is 22.9 Å². The molecule has 15 heavy (non-hydrogen) atoms. The van der Waals surface area contributed by atoms with Crippen LogP contribution in [0.5, 0.6) is 0 Å². The Morgan fingerprint density at radius 2 is 2.40 bits per heavy atom. The van der Waals surface area contributed by atoms with Crippen molar-refractivity contribution in [2.75, 3.05) is 6.61 Å². The molecule has 2 fully saturated rings. The van der Waals surface area contributed by atoms with Gasteiger partial charge in [0.15, 0.2) is 0 Å². The Hall–Kier alpha value is -1.06. The molecule has 0 heterocycles. The van der Waals surface area contributed by atoms with E-state index in [0.717, 1.165) is 11.8 Å². The zero-order valence-corrected chi connectivity index (χ0v) is 9.11. The molecule has 3 atom stereocenters. The van der Waals surface area contributed by atoms with Crippen molar-refractivity contribution >= 4 is 12.3 Å². The second kappa shape index (κ2) is 4.64. The van der Waals surface area contributed by atoms with Gasteiger partial charge in [-0.05, 0) is 43.9 Å². The van der Waals surface area contributed by atoms with E-state index < -0.39 is 6.09 Å². The van der Waals surface area contributed by atoms with Crippen molar-refractivity contribution < 1.29 is 9.53 Å². The number of ether oxygens (including phenoxy) is 1. The Labute approximate surface area is 90.1 Å². The average Bonchev–Trinajstić information content (AvgIpc) is 2.79. The van der Waals surface area contributed by atoms with Gasteiger partial charge in [-0.2, -0.15) is 5.10 Å². The van der Waals surface area contributed by atoms with Crippen LogP contribution in [0.1, 0.15) is 32.6 Å². The lowest BCUT2D eigenvalue weighted by molar-refractivity contribution is 0.152. The van der Waals surface area contributed by atoms with E-state index in [2.05, 4.69) is 10.5 Å². The van der Waals surface area contributed by atoms with Gasteiger partial charge in [-0.15, -0.1) is 0 Å². The van der Waals surface area contributed by atoms with Crippen molar-refractivity contribution in [1.82, 2.24) is 5.43 Å². The Morgan fingerprint density at radius 3 is 3.00 bits per heavy atom. The number of carbonyl (C=O) groups is 1. The van der Waals surface area contributed by atoms with Crippen LogP contribution in [0.4, 0.5) is 4.79 Å². The number of carbonyl (C=O) groups excluding carboxylic acids is 1. The molecule has 0 spiro atoms. The Bertz CT molecular complexity index is 265. The molecule has 0 aliphatic heterocycles. The molecular weight excluding hydrogens is 192 g/mol. The summed E-state index contributed by atoms with van der Waals surface area (Å²) in [5, 5.41) is 3.94. The summed E-state index contributed by atoms with van der Waals surface area (Å²) in [4.78, 5) is 10.9. The van der Waals surface area contributed by atoms with Crippen molar-refractivity contribution in [3.63, 3.8) is 0 Å². The highest BCUT2D eigenvalue weighted by Gasteiger charge is 2.38. The number of amides is 1.